The Morgan fingerprint density at radius 3 is 2.60 bits per heavy atom. The van der Waals surface area contributed by atoms with Crippen LogP contribution in [0.1, 0.15) is 11.1 Å². The minimum atomic E-state index is 0.250. The number of fused-ring (bicyclic) bond motifs is 1. The summed E-state index contributed by atoms with van der Waals surface area (Å²) in [4.78, 5) is 28.5. The third kappa shape index (κ3) is 2.79. The maximum atomic E-state index is 8.12. The predicted octanol–water partition coefficient (Wildman–Crippen LogP) is 2.66. The van der Waals surface area contributed by atoms with Gasteiger partial charge in [0.2, 0.25) is 0 Å². The molecule has 0 atom stereocenters. The zero-order valence-corrected chi connectivity index (χ0v) is 11.2. The van der Waals surface area contributed by atoms with E-state index in [0.717, 1.165) is 28.1 Å². The summed E-state index contributed by atoms with van der Waals surface area (Å²) in [6, 6.07) is 10.2. The van der Waals surface area contributed by atoms with Gasteiger partial charge in [0, 0.05) is 6.20 Å². The molecule has 0 aliphatic heterocycles. The first kappa shape index (κ1) is 13.6. The lowest BCUT2D eigenvalue weighted by atomic mass is 10.2. The summed E-state index contributed by atoms with van der Waals surface area (Å²) in [6.07, 6.45) is 2.04. The van der Waals surface area contributed by atoms with Crippen molar-refractivity contribution in [3.8, 4) is 11.5 Å². The summed E-state index contributed by atoms with van der Waals surface area (Å²) >= 11 is 0. The fourth-order valence-electron chi connectivity index (χ4n) is 1.97. The highest BCUT2D eigenvalue weighted by atomic mass is 16.2. The lowest BCUT2D eigenvalue weighted by Crippen LogP contribution is -1.88. The van der Waals surface area contributed by atoms with Crippen LogP contribution in [0.4, 0.5) is 0 Å². The Kier molecular flexibility index (Phi) is 4.03. The second kappa shape index (κ2) is 5.91. The number of aromatic amines is 1. The molecule has 0 unspecified atom stereocenters. The van der Waals surface area contributed by atoms with Crippen LogP contribution in [0.15, 0.2) is 36.5 Å². The van der Waals surface area contributed by atoms with Gasteiger partial charge < -0.3 is 4.98 Å². The Hall–Kier alpha value is -2.78. The first-order chi connectivity index (χ1) is 9.65. The van der Waals surface area contributed by atoms with Crippen molar-refractivity contribution in [2.75, 3.05) is 0 Å². The summed E-state index contributed by atoms with van der Waals surface area (Å²) < 4.78 is 0. The van der Waals surface area contributed by atoms with Crippen LogP contribution in [0, 0.1) is 13.8 Å². The van der Waals surface area contributed by atoms with E-state index in [1.54, 1.807) is 6.20 Å². The SMILES string of the molecule is Cc1ccc2nc(-c3ncccc3C)[nH]c2c1.O=C=O. The van der Waals surface area contributed by atoms with Gasteiger partial charge in [0.15, 0.2) is 5.82 Å². The molecule has 3 aromatic rings. The molecule has 2 heterocycles. The summed E-state index contributed by atoms with van der Waals surface area (Å²) in [7, 11) is 0. The lowest BCUT2D eigenvalue weighted by Gasteiger charge is -1.98. The van der Waals surface area contributed by atoms with E-state index in [1.807, 2.05) is 25.1 Å². The van der Waals surface area contributed by atoms with Gasteiger partial charge in [-0.25, -0.2) is 4.98 Å². The first-order valence-electron chi connectivity index (χ1n) is 6.03. The molecule has 0 saturated heterocycles. The standard InChI is InChI=1S/C14H13N3.CO2/c1-9-5-6-11-12(8-9)17-14(16-11)13-10(2)4-3-7-15-13;2-1-3/h3-8H,1-2H3,(H,16,17);. The number of H-pyrrole nitrogens is 1. The second-order valence-electron chi connectivity index (χ2n) is 4.36. The fraction of sp³-hybridized carbons (Fsp3) is 0.133. The van der Waals surface area contributed by atoms with Gasteiger partial charge in [-0.15, -0.1) is 0 Å². The second-order valence-corrected chi connectivity index (χ2v) is 4.36. The number of rotatable bonds is 1. The third-order valence-corrected chi connectivity index (χ3v) is 2.87. The molecule has 1 aromatic carbocycles. The van der Waals surface area contributed by atoms with Crippen LogP contribution in [0.25, 0.3) is 22.6 Å². The zero-order chi connectivity index (χ0) is 14.5. The number of carbonyl (C=O) groups excluding carboxylic acids is 2. The molecule has 100 valence electrons. The maximum Gasteiger partial charge on any atom is 0.373 e. The average molecular weight is 267 g/mol. The van der Waals surface area contributed by atoms with Crippen LogP contribution in [0.3, 0.4) is 0 Å². The molecule has 0 aliphatic carbocycles. The Morgan fingerprint density at radius 1 is 1.15 bits per heavy atom. The Bertz CT molecular complexity index is 772. The van der Waals surface area contributed by atoms with Crippen LogP contribution < -0.4 is 0 Å². The number of nitrogens with one attached hydrogen (secondary N) is 1. The highest BCUT2D eigenvalue weighted by Crippen LogP contribution is 2.21. The molecule has 0 fully saturated rings. The first-order valence-corrected chi connectivity index (χ1v) is 6.03. The van der Waals surface area contributed by atoms with Gasteiger partial charge in [-0.3, -0.25) is 4.98 Å². The van der Waals surface area contributed by atoms with E-state index in [4.69, 9.17) is 9.59 Å². The van der Waals surface area contributed by atoms with Crippen LogP contribution in [-0.2, 0) is 9.59 Å². The van der Waals surface area contributed by atoms with E-state index in [-0.39, 0.29) is 6.15 Å². The van der Waals surface area contributed by atoms with Crippen LogP contribution in [0.5, 0.6) is 0 Å². The van der Waals surface area contributed by atoms with Crippen LogP contribution >= 0.6 is 0 Å². The number of hydrogen-bond acceptors (Lipinski definition) is 4. The van der Waals surface area contributed by atoms with Crippen molar-refractivity contribution in [1.29, 1.82) is 0 Å². The molecule has 0 radical (unpaired) electrons. The molecule has 20 heavy (non-hydrogen) atoms. The van der Waals surface area contributed by atoms with Gasteiger partial charge >= 0.3 is 6.15 Å². The number of nitrogens with zero attached hydrogens (tertiary/aromatic N) is 2. The summed E-state index contributed by atoms with van der Waals surface area (Å²) in [5.41, 5.74) is 5.32. The number of pyridine rings is 1. The molecule has 0 aliphatic rings. The number of hydrogen-bond donors (Lipinski definition) is 1. The molecular formula is C15H13N3O2. The fourth-order valence-corrected chi connectivity index (χ4v) is 1.97. The van der Waals surface area contributed by atoms with E-state index >= 15 is 0 Å². The minimum Gasteiger partial charge on any atom is -0.337 e. The third-order valence-electron chi connectivity index (χ3n) is 2.87. The van der Waals surface area contributed by atoms with Crippen molar-refractivity contribution in [2.45, 2.75) is 13.8 Å². The summed E-state index contributed by atoms with van der Waals surface area (Å²) in [6.45, 7) is 4.12. The van der Waals surface area contributed by atoms with Crippen molar-refractivity contribution in [1.82, 2.24) is 15.0 Å². The van der Waals surface area contributed by atoms with Gasteiger partial charge in [-0.2, -0.15) is 9.59 Å². The molecule has 3 rings (SSSR count). The molecule has 5 nitrogen and oxygen atoms in total. The van der Waals surface area contributed by atoms with Crippen molar-refractivity contribution in [3.63, 3.8) is 0 Å². The molecule has 2 aromatic heterocycles. The average Bonchev–Trinajstić information content (AvgIpc) is 2.82. The van der Waals surface area contributed by atoms with Gasteiger partial charge in [0.1, 0.15) is 5.69 Å². The lowest BCUT2D eigenvalue weighted by molar-refractivity contribution is -0.191. The molecule has 0 amide bonds. The molecular weight excluding hydrogens is 254 g/mol. The van der Waals surface area contributed by atoms with Crippen LogP contribution in [-0.4, -0.2) is 21.1 Å². The molecule has 5 heteroatoms. The Morgan fingerprint density at radius 2 is 1.90 bits per heavy atom. The number of imidazole rings is 1. The van der Waals surface area contributed by atoms with E-state index in [0.29, 0.717) is 0 Å². The van der Waals surface area contributed by atoms with E-state index in [9.17, 15) is 0 Å². The Labute approximate surface area is 115 Å². The van der Waals surface area contributed by atoms with Gasteiger partial charge in [0.05, 0.1) is 11.0 Å². The smallest absolute Gasteiger partial charge is 0.337 e. The molecule has 0 bridgehead atoms. The van der Waals surface area contributed by atoms with Crippen molar-refractivity contribution in [2.24, 2.45) is 0 Å². The van der Waals surface area contributed by atoms with Crippen molar-refractivity contribution >= 4 is 17.2 Å². The van der Waals surface area contributed by atoms with Gasteiger partial charge in [0.25, 0.3) is 0 Å². The quantitative estimate of drug-likeness (QED) is 0.735. The Balaban J connectivity index is 0.000000452. The van der Waals surface area contributed by atoms with Gasteiger partial charge in [-0.05, 0) is 43.2 Å². The summed E-state index contributed by atoms with van der Waals surface area (Å²) in [5, 5.41) is 0. The highest BCUT2D eigenvalue weighted by molar-refractivity contribution is 5.79. The highest BCUT2D eigenvalue weighted by Gasteiger charge is 2.08. The normalized spacial score (nSPS) is 9.70. The number of aryl methyl sites for hydroxylation is 2. The van der Waals surface area contributed by atoms with E-state index < -0.39 is 0 Å². The monoisotopic (exact) mass is 267 g/mol. The van der Waals surface area contributed by atoms with Crippen LogP contribution in [0.2, 0.25) is 0 Å². The molecule has 0 saturated carbocycles. The largest absolute Gasteiger partial charge is 0.373 e. The molecule has 1 N–H and O–H groups in total. The maximum absolute atomic E-state index is 8.12. The van der Waals surface area contributed by atoms with Crippen molar-refractivity contribution < 1.29 is 9.59 Å². The predicted molar refractivity (Wildman–Crippen MR) is 73.8 cm³/mol. The summed E-state index contributed by atoms with van der Waals surface area (Å²) in [5.74, 6) is 0.837. The zero-order valence-electron chi connectivity index (χ0n) is 11.2. The molecule has 0 spiro atoms. The topological polar surface area (TPSA) is 75.7 Å². The van der Waals surface area contributed by atoms with Crippen molar-refractivity contribution in [3.05, 3.63) is 47.7 Å². The van der Waals surface area contributed by atoms with E-state index in [2.05, 4.69) is 34.0 Å². The number of benzene rings is 1. The van der Waals surface area contributed by atoms with Gasteiger partial charge in [-0.1, -0.05) is 12.1 Å². The van der Waals surface area contributed by atoms with E-state index in [1.165, 1.54) is 5.56 Å². The number of aromatic nitrogens is 3. The minimum absolute atomic E-state index is 0.250.